The van der Waals surface area contributed by atoms with E-state index in [9.17, 15) is 0 Å². The molecule has 0 spiro atoms. The lowest BCUT2D eigenvalue weighted by molar-refractivity contribution is -0.0373. The molecule has 0 aliphatic carbocycles. The van der Waals surface area contributed by atoms with Crippen molar-refractivity contribution in [3.63, 3.8) is 0 Å². The smallest absolute Gasteiger partial charge is 0.158 e. The average molecular weight is 329 g/mol. The van der Waals surface area contributed by atoms with Crippen molar-refractivity contribution in [3.8, 4) is 5.75 Å². The van der Waals surface area contributed by atoms with Gasteiger partial charge in [0.15, 0.2) is 5.82 Å². The van der Waals surface area contributed by atoms with Crippen LogP contribution >= 0.6 is 0 Å². The number of nitrogens with zero attached hydrogens (tertiary/aromatic N) is 3. The van der Waals surface area contributed by atoms with Gasteiger partial charge in [-0.3, -0.25) is 4.90 Å². The number of aliphatic hydroxyl groups excluding tert-OH is 1. The first-order valence-electron chi connectivity index (χ1n) is 8.20. The Bertz CT molecular complexity index is 665. The number of rotatable bonds is 6. The highest BCUT2D eigenvalue weighted by Gasteiger charge is 2.24. The molecule has 24 heavy (non-hydrogen) atoms. The third kappa shape index (κ3) is 4.50. The van der Waals surface area contributed by atoms with Gasteiger partial charge in [0.05, 0.1) is 13.2 Å². The van der Waals surface area contributed by atoms with Crippen molar-refractivity contribution < 1.29 is 14.6 Å². The lowest BCUT2D eigenvalue weighted by Gasteiger charge is -2.32. The molecule has 2 aromatic rings. The van der Waals surface area contributed by atoms with E-state index in [1.54, 1.807) is 6.20 Å². The maximum atomic E-state index is 8.86. The first-order chi connectivity index (χ1) is 11.7. The molecule has 6 nitrogen and oxygen atoms in total. The molecule has 1 unspecified atom stereocenters. The van der Waals surface area contributed by atoms with Crippen molar-refractivity contribution in [1.82, 2.24) is 14.9 Å². The Morgan fingerprint density at radius 2 is 2.29 bits per heavy atom. The standard InChI is InChI=1S/C18H23N3O3/c1-14-5-6-19-18(20-14)17-13-21(7-9-24-17)12-15-3-2-4-16(11-15)23-10-8-22/h2-6,11,17,22H,7-10,12-13H2,1H3. The molecule has 1 N–H and O–H groups in total. The summed E-state index contributed by atoms with van der Waals surface area (Å²) in [6, 6.07) is 9.87. The van der Waals surface area contributed by atoms with E-state index in [1.165, 1.54) is 5.56 Å². The van der Waals surface area contributed by atoms with E-state index in [-0.39, 0.29) is 12.7 Å². The zero-order valence-electron chi connectivity index (χ0n) is 13.9. The fraction of sp³-hybridized carbons (Fsp3) is 0.444. The Kier molecular flexibility index (Phi) is 5.74. The van der Waals surface area contributed by atoms with Crippen molar-refractivity contribution in [1.29, 1.82) is 0 Å². The van der Waals surface area contributed by atoms with E-state index >= 15 is 0 Å². The maximum Gasteiger partial charge on any atom is 0.158 e. The monoisotopic (exact) mass is 329 g/mol. The second-order valence-electron chi connectivity index (χ2n) is 5.87. The zero-order valence-corrected chi connectivity index (χ0v) is 13.9. The molecule has 1 fully saturated rings. The molecule has 1 aliphatic rings. The summed E-state index contributed by atoms with van der Waals surface area (Å²) in [6.07, 6.45) is 1.69. The Morgan fingerprint density at radius 1 is 1.38 bits per heavy atom. The van der Waals surface area contributed by atoms with Gasteiger partial charge in [-0.05, 0) is 30.7 Å². The number of aliphatic hydroxyl groups is 1. The van der Waals surface area contributed by atoms with Crippen LogP contribution < -0.4 is 4.74 Å². The Hall–Kier alpha value is -2.02. The van der Waals surface area contributed by atoms with Crippen LogP contribution in [0.25, 0.3) is 0 Å². The molecule has 6 heteroatoms. The van der Waals surface area contributed by atoms with Gasteiger partial charge in [-0.15, -0.1) is 0 Å². The largest absolute Gasteiger partial charge is 0.491 e. The van der Waals surface area contributed by atoms with E-state index in [4.69, 9.17) is 14.6 Å². The minimum Gasteiger partial charge on any atom is -0.491 e. The van der Waals surface area contributed by atoms with Crippen LogP contribution in [0, 0.1) is 6.92 Å². The number of aryl methyl sites for hydroxylation is 1. The zero-order chi connectivity index (χ0) is 16.8. The van der Waals surface area contributed by atoms with Gasteiger partial charge in [-0.25, -0.2) is 9.97 Å². The summed E-state index contributed by atoms with van der Waals surface area (Å²) in [7, 11) is 0. The summed E-state index contributed by atoms with van der Waals surface area (Å²) in [4.78, 5) is 11.2. The quantitative estimate of drug-likeness (QED) is 0.870. The van der Waals surface area contributed by atoms with Gasteiger partial charge in [0.25, 0.3) is 0 Å². The highest BCUT2D eigenvalue weighted by atomic mass is 16.5. The van der Waals surface area contributed by atoms with Crippen LogP contribution in [0.5, 0.6) is 5.75 Å². The number of aromatic nitrogens is 2. The van der Waals surface area contributed by atoms with Gasteiger partial charge in [0.2, 0.25) is 0 Å². The lowest BCUT2D eigenvalue weighted by Crippen LogP contribution is -2.38. The highest BCUT2D eigenvalue weighted by Crippen LogP contribution is 2.22. The number of hydrogen-bond acceptors (Lipinski definition) is 6. The van der Waals surface area contributed by atoms with Gasteiger partial charge in [-0.2, -0.15) is 0 Å². The van der Waals surface area contributed by atoms with E-state index in [0.717, 1.165) is 36.9 Å². The molecule has 1 atom stereocenters. The van der Waals surface area contributed by atoms with E-state index in [1.807, 2.05) is 31.2 Å². The second kappa shape index (κ2) is 8.19. The molecule has 0 saturated carbocycles. The normalized spacial score (nSPS) is 18.5. The lowest BCUT2D eigenvalue weighted by atomic mass is 10.1. The number of morpholine rings is 1. The van der Waals surface area contributed by atoms with Crippen LogP contribution in [0.2, 0.25) is 0 Å². The molecule has 3 rings (SSSR count). The fourth-order valence-corrected chi connectivity index (χ4v) is 2.78. The molecule has 1 aromatic heterocycles. The molecule has 0 bridgehead atoms. The van der Waals surface area contributed by atoms with E-state index in [2.05, 4.69) is 20.9 Å². The van der Waals surface area contributed by atoms with Crippen LogP contribution in [0.4, 0.5) is 0 Å². The Labute approximate surface area is 142 Å². The van der Waals surface area contributed by atoms with Crippen molar-refractivity contribution in [3.05, 3.63) is 53.6 Å². The first kappa shape index (κ1) is 16.8. The topological polar surface area (TPSA) is 67.7 Å². The molecular formula is C18H23N3O3. The number of hydrogen-bond donors (Lipinski definition) is 1. The Morgan fingerprint density at radius 3 is 3.12 bits per heavy atom. The molecule has 0 radical (unpaired) electrons. The number of ether oxygens (including phenoxy) is 2. The minimum absolute atomic E-state index is 0.0197. The predicted molar refractivity (Wildman–Crippen MR) is 89.8 cm³/mol. The summed E-state index contributed by atoms with van der Waals surface area (Å²) in [5, 5.41) is 8.86. The minimum atomic E-state index is -0.0903. The summed E-state index contributed by atoms with van der Waals surface area (Å²) >= 11 is 0. The molecule has 1 aromatic carbocycles. The van der Waals surface area contributed by atoms with Gasteiger partial charge >= 0.3 is 0 Å². The van der Waals surface area contributed by atoms with Crippen LogP contribution in [-0.2, 0) is 11.3 Å². The van der Waals surface area contributed by atoms with E-state index in [0.29, 0.717) is 13.2 Å². The van der Waals surface area contributed by atoms with Crippen molar-refractivity contribution in [2.45, 2.75) is 19.6 Å². The van der Waals surface area contributed by atoms with Gasteiger partial charge in [0.1, 0.15) is 18.5 Å². The van der Waals surface area contributed by atoms with Crippen molar-refractivity contribution in [2.75, 3.05) is 32.9 Å². The molecule has 1 aliphatic heterocycles. The summed E-state index contributed by atoms with van der Waals surface area (Å²) in [5.74, 6) is 1.54. The predicted octanol–water partition coefficient (Wildman–Crippen LogP) is 1.73. The molecule has 1 saturated heterocycles. The molecular weight excluding hydrogens is 306 g/mol. The maximum absolute atomic E-state index is 8.86. The van der Waals surface area contributed by atoms with Crippen LogP contribution in [0.1, 0.15) is 23.2 Å². The molecule has 128 valence electrons. The third-order valence-electron chi connectivity index (χ3n) is 3.92. The van der Waals surface area contributed by atoms with E-state index < -0.39 is 0 Å². The van der Waals surface area contributed by atoms with Crippen molar-refractivity contribution >= 4 is 0 Å². The van der Waals surface area contributed by atoms with Crippen LogP contribution in [-0.4, -0.2) is 52.9 Å². The number of benzene rings is 1. The van der Waals surface area contributed by atoms with Crippen LogP contribution in [0.15, 0.2) is 36.5 Å². The Balaban J connectivity index is 1.63. The summed E-state index contributed by atoms with van der Waals surface area (Å²) in [5.41, 5.74) is 2.13. The van der Waals surface area contributed by atoms with Gasteiger partial charge in [0, 0.05) is 31.5 Å². The van der Waals surface area contributed by atoms with Crippen molar-refractivity contribution in [2.24, 2.45) is 0 Å². The highest BCUT2D eigenvalue weighted by molar-refractivity contribution is 5.28. The summed E-state index contributed by atoms with van der Waals surface area (Å²) < 4.78 is 11.3. The van der Waals surface area contributed by atoms with Crippen LogP contribution in [0.3, 0.4) is 0 Å². The molecule has 2 heterocycles. The third-order valence-corrected chi connectivity index (χ3v) is 3.92. The second-order valence-corrected chi connectivity index (χ2v) is 5.87. The average Bonchev–Trinajstić information content (AvgIpc) is 2.60. The SMILES string of the molecule is Cc1ccnc(C2CN(Cc3cccc(OCCO)c3)CCO2)n1. The fourth-order valence-electron chi connectivity index (χ4n) is 2.78. The summed E-state index contributed by atoms with van der Waals surface area (Å²) in [6.45, 7) is 5.43. The molecule has 0 amide bonds. The first-order valence-corrected chi connectivity index (χ1v) is 8.20. The van der Waals surface area contributed by atoms with Gasteiger partial charge < -0.3 is 14.6 Å². The van der Waals surface area contributed by atoms with Gasteiger partial charge in [-0.1, -0.05) is 12.1 Å².